The second-order valence-corrected chi connectivity index (χ2v) is 3.82. The van der Waals surface area contributed by atoms with Crippen molar-refractivity contribution >= 4 is 23.2 Å². The van der Waals surface area contributed by atoms with E-state index in [9.17, 15) is 0 Å². The lowest BCUT2D eigenvalue weighted by Gasteiger charge is -2.10. The highest BCUT2D eigenvalue weighted by Crippen LogP contribution is 2.10. The molecule has 0 bridgehead atoms. The highest BCUT2D eigenvalue weighted by molar-refractivity contribution is 6.18. The molecule has 0 saturated carbocycles. The monoisotopic (exact) mass is 241 g/mol. The summed E-state index contributed by atoms with van der Waals surface area (Å²) in [4.78, 5) is 0. The van der Waals surface area contributed by atoms with Gasteiger partial charge < -0.3 is 9.47 Å². The van der Waals surface area contributed by atoms with E-state index >= 15 is 0 Å². The molecule has 0 aromatic rings. The molecule has 14 heavy (non-hydrogen) atoms. The summed E-state index contributed by atoms with van der Waals surface area (Å²) in [5.74, 6) is 2.53. The molecule has 2 nitrogen and oxygen atoms in total. The van der Waals surface area contributed by atoms with E-state index in [1.54, 1.807) is 0 Å². The van der Waals surface area contributed by atoms with Gasteiger partial charge in [0, 0.05) is 25.0 Å². The molecule has 0 aliphatic rings. The quantitative estimate of drug-likeness (QED) is 0.433. The van der Waals surface area contributed by atoms with Crippen LogP contribution in [0.4, 0.5) is 0 Å². The first-order chi connectivity index (χ1) is 6.81. The Morgan fingerprint density at radius 3 is 1.64 bits per heavy atom. The summed E-state index contributed by atoms with van der Waals surface area (Å²) in [6, 6.07) is 0. The number of ether oxygens (including phenoxy) is 2. The Morgan fingerprint density at radius 1 is 0.857 bits per heavy atom. The predicted octanol–water partition coefficient (Wildman–Crippen LogP) is 2.87. The van der Waals surface area contributed by atoms with Gasteiger partial charge in [0.25, 0.3) is 0 Å². The zero-order chi connectivity index (χ0) is 10.6. The van der Waals surface area contributed by atoms with Crippen molar-refractivity contribution in [2.24, 2.45) is 0 Å². The average molecular weight is 242 g/mol. The lowest BCUT2D eigenvalue weighted by Crippen LogP contribution is -2.06. The molecule has 0 rings (SSSR count). The van der Waals surface area contributed by atoms with Crippen LogP contribution in [0, 0.1) is 5.92 Å². The molecule has 0 N–H and O–H groups in total. The fourth-order valence-electron chi connectivity index (χ4n) is 0.931. The summed E-state index contributed by atoms with van der Waals surface area (Å²) in [5, 5.41) is 0. The van der Waals surface area contributed by atoms with Crippen molar-refractivity contribution in [1.82, 2.24) is 0 Å². The number of halogens is 2. The van der Waals surface area contributed by atoms with Crippen LogP contribution in [0.5, 0.6) is 0 Å². The number of hydrogen-bond acceptors (Lipinski definition) is 2. The molecule has 0 unspecified atom stereocenters. The van der Waals surface area contributed by atoms with Gasteiger partial charge in [0.15, 0.2) is 0 Å². The minimum absolute atomic E-state index is 0.567. The molecule has 4 heteroatoms. The largest absolute Gasteiger partial charge is 0.380 e. The van der Waals surface area contributed by atoms with Crippen molar-refractivity contribution in [3.05, 3.63) is 5.92 Å². The van der Waals surface area contributed by atoms with Gasteiger partial charge in [0.05, 0.1) is 13.2 Å². The molecule has 0 spiro atoms. The van der Waals surface area contributed by atoms with Crippen LogP contribution in [0.1, 0.15) is 19.8 Å². The molecule has 0 saturated heterocycles. The topological polar surface area (TPSA) is 18.5 Å². The van der Waals surface area contributed by atoms with Crippen molar-refractivity contribution in [3.63, 3.8) is 0 Å². The lowest BCUT2D eigenvalue weighted by atomic mass is 10.1. The van der Waals surface area contributed by atoms with Crippen LogP contribution in [0.15, 0.2) is 0 Å². The Kier molecular flexibility index (Phi) is 12.0. The van der Waals surface area contributed by atoms with Crippen molar-refractivity contribution in [3.8, 4) is 0 Å². The maximum absolute atomic E-state index is 5.47. The molecule has 0 aliphatic carbocycles. The van der Waals surface area contributed by atoms with Crippen LogP contribution in [-0.2, 0) is 9.47 Å². The normalized spacial score (nSPS) is 11.1. The summed E-state index contributed by atoms with van der Waals surface area (Å²) in [6.07, 6.45) is 1.97. The molecule has 1 radical (unpaired) electrons. The van der Waals surface area contributed by atoms with E-state index in [0.717, 1.165) is 26.1 Å². The van der Waals surface area contributed by atoms with Gasteiger partial charge in [0.1, 0.15) is 0 Å². The van der Waals surface area contributed by atoms with Crippen molar-refractivity contribution in [2.45, 2.75) is 19.8 Å². The van der Waals surface area contributed by atoms with Crippen LogP contribution >= 0.6 is 23.2 Å². The molecule has 0 aliphatic heterocycles. The first kappa shape index (κ1) is 14.5. The SMILES string of the molecule is C[C](CCOCCCl)CCOCCCl. The van der Waals surface area contributed by atoms with Crippen molar-refractivity contribution < 1.29 is 9.47 Å². The van der Waals surface area contributed by atoms with E-state index < -0.39 is 0 Å². The number of alkyl halides is 2. The number of rotatable bonds is 10. The van der Waals surface area contributed by atoms with Gasteiger partial charge in [-0.05, 0) is 18.8 Å². The van der Waals surface area contributed by atoms with Crippen molar-refractivity contribution in [2.75, 3.05) is 38.2 Å². The summed E-state index contributed by atoms with van der Waals surface area (Å²) >= 11 is 10.9. The zero-order valence-corrected chi connectivity index (χ0v) is 10.2. The van der Waals surface area contributed by atoms with Gasteiger partial charge in [-0.15, -0.1) is 23.2 Å². The predicted molar refractivity (Wildman–Crippen MR) is 61.2 cm³/mol. The molecule has 0 amide bonds. The van der Waals surface area contributed by atoms with Gasteiger partial charge in [-0.25, -0.2) is 0 Å². The Labute approximate surface area is 96.9 Å². The van der Waals surface area contributed by atoms with Crippen LogP contribution in [0.3, 0.4) is 0 Å². The summed E-state index contributed by atoms with van der Waals surface area (Å²) in [6.45, 7) is 4.91. The molecule has 0 atom stereocenters. The highest BCUT2D eigenvalue weighted by Gasteiger charge is 2.02. The Balaban J connectivity index is 3.07. The second kappa shape index (κ2) is 11.6. The third kappa shape index (κ3) is 10.6. The summed E-state index contributed by atoms with van der Waals surface area (Å²) in [5.41, 5.74) is 0. The van der Waals surface area contributed by atoms with Gasteiger partial charge in [-0.3, -0.25) is 0 Å². The first-order valence-corrected chi connectivity index (χ1v) is 5.97. The zero-order valence-electron chi connectivity index (χ0n) is 8.73. The number of hydrogen-bond donors (Lipinski definition) is 0. The first-order valence-electron chi connectivity index (χ1n) is 4.90. The fourth-order valence-corrected chi connectivity index (χ4v) is 1.15. The third-order valence-corrected chi connectivity index (χ3v) is 2.10. The van der Waals surface area contributed by atoms with Gasteiger partial charge in [0.2, 0.25) is 0 Å². The Bertz CT molecular complexity index is 100. The van der Waals surface area contributed by atoms with E-state index in [0.29, 0.717) is 25.0 Å². The summed E-state index contributed by atoms with van der Waals surface area (Å²) < 4.78 is 10.5. The molecule has 0 aromatic heterocycles. The molecule has 85 valence electrons. The molecule has 0 heterocycles. The smallest absolute Gasteiger partial charge is 0.0601 e. The van der Waals surface area contributed by atoms with E-state index in [4.69, 9.17) is 32.7 Å². The van der Waals surface area contributed by atoms with Crippen LogP contribution in [-0.4, -0.2) is 38.2 Å². The lowest BCUT2D eigenvalue weighted by molar-refractivity contribution is 0.134. The van der Waals surface area contributed by atoms with Crippen LogP contribution in [0.25, 0.3) is 0 Å². The van der Waals surface area contributed by atoms with Crippen molar-refractivity contribution in [1.29, 1.82) is 0 Å². The second-order valence-electron chi connectivity index (χ2n) is 3.06. The van der Waals surface area contributed by atoms with E-state index in [-0.39, 0.29) is 0 Å². The third-order valence-electron chi connectivity index (χ3n) is 1.79. The molecular weight excluding hydrogens is 223 g/mol. The minimum atomic E-state index is 0.567. The van der Waals surface area contributed by atoms with Crippen LogP contribution in [0.2, 0.25) is 0 Å². The maximum atomic E-state index is 5.47. The maximum Gasteiger partial charge on any atom is 0.0601 e. The molecule has 0 fully saturated rings. The van der Waals surface area contributed by atoms with E-state index in [2.05, 4.69) is 6.92 Å². The van der Waals surface area contributed by atoms with E-state index in [1.165, 1.54) is 5.92 Å². The standard InChI is InChI=1S/C10H19Cl2O2/c1-10(2-6-13-8-4-11)3-7-14-9-5-12/h2-9H2,1H3. The van der Waals surface area contributed by atoms with Gasteiger partial charge in [-0.2, -0.15) is 0 Å². The van der Waals surface area contributed by atoms with Crippen LogP contribution < -0.4 is 0 Å². The van der Waals surface area contributed by atoms with Gasteiger partial charge in [-0.1, -0.05) is 6.92 Å². The fraction of sp³-hybridized carbons (Fsp3) is 0.900. The average Bonchev–Trinajstić information content (AvgIpc) is 2.19. The Morgan fingerprint density at radius 2 is 1.29 bits per heavy atom. The van der Waals surface area contributed by atoms with Gasteiger partial charge >= 0.3 is 0 Å². The highest BCUT2D eigenvalue weighted by atomic mass is 35.5. The molecule has 0 aromatic carbocycles. The molecular formula is C10H19Cl2O2. The minimum Gasteiger partial charge on any atom is -0.380 e. The Hall–Kier alpha value is 0.500. The van der Waals surface area contributed by atoms with E-state index in [1.807, 2.05) is 0 Å². The summed E-state index contributed by atoms with van der Waals surface area (Å²) in [7, 11) is 0.